The van der Waals surface area contributed by atoms with Gasteiger partial charge in [0.1, 0.15) is 0 Å². The van der Waals surface area contributed by atoms with Crippen molar-refractivity contribution in [2.45, 2.75) is 65.8 Å². The van der Waals surface area contributed by atoms with E-state index in [9.17, 15) is 9.59 Å². The van der Waals surface area contributed by atoms with E-state index in [2.05, 4.69) is 18.3 Å². The summed E-state index contributed by atoms with van der Waals surface area (Å²) >= 11 is 6.31. The van der Waals surface area contributed by atoms with E-state index in [4.69, 9.17) is 21.8 Å². The number of allylic oxidation sites excluding steroid dienone is 1. The minimum Gasteiger partial charge on any atom is -0.481 e. The van der Waals surface area contributed by atoms with Crippen molar-refractivity contribution < 1.29 is 14.7 Å². The Labute approximate surface area is 188 Å². The maximum absolute atomic E-state index is 12.5. The maximum Gasteiger partial charge on any atom is 0.303 e. The maximum atomic E-state index is 12.5. The Kier molecular flexibility index (Phi) is 6.60. The molecule has 7 heteroatoms. The molecule has 0 radical (unpaired) electrons. The van der Waals surface area contributed by atoms with Crippen molar-refractivity contribution in [3.8, 4) is 5.69 Å². The van der Waals surface area contributed by atoms with E-state index in [1.165, 1.54) is 0 Å². The summed E-state index contributed by atoms with van der Waals surface area (Å²) in [5, 5.41) is 17.5. The summed E-state index contributed by atoms with van der Waals surface area (Å²) in [6.45, 7) is 9.62. The molecule has 2 unspecified atom stereocenters. The summed E-state index contributed by atoms with van der Waals surface area (Å²) in [4.78, 5) is 23.4. The van der Waals surface area contributed by atoms with Crippen LogP contribution >= 0.6 is 11.6 Å². The SMILES string of the molecule is Cc1ccc(-n2nc(C)c(C3C=CC(NC(=O)CC(C)(C)CC(=O)O)C3)c2C)cc1Cl. The molecule has 6 nitrogen and oxygen atoms in total. The summed E-state index contributed by atoms with van der Waals surface area (Å²) < 4.78 is 1.92. The van der Waals surface area contributed by atoms with Crippen LogP contribution in [-0.4, -0.2) is 32.8 Å². The summed E-state index contributed by atoms with van der Waals surface area (Å²) in [6.07, 6.45) is 5.04. The highest BCUT2D eigenvalue weighted by molar-refractivity contribution is 6.31. The van der Waals surface area contributed by atoms with Gasteiger partial charge >= 0.3 is 5.97 Å². The number of hydrogen-bond acceptors (Lipinski definition) is 3. The van der Waals surface area contributed by atoms with Crippen LogP contribution in [0.4, 0.5) is 0 Å². The number of rotatable bonds is 7. The van der Waals surface area contributed by atoms with Gasteiger partial charge in [0.15, 0.2) is 0 Å². The van der Waals surface area contributed by atoms with Crippen molar-refractivity contribution in [3.05, 3.63) is 57.9 Å². The first-order valence-electron chi connectivity index (χ1n) is 10.5. The molecule has 1 aromatic heterocycles. The van der Waals surface area contributed by atoms with E-state index in [1.54, 1.807) is 13.8 Å². The lowest BCUT2D eigenvalue weighted by Gasteiger charge is -2.23. The zero-order valence-electron chi connectivity index (χ0n) is 18.7. The lowest BCUT2D eigenvalue weighted by atomic mass is 9.85. The van der Waals surface area contributed by atoms with Crippen molar-refractivity contribution in [1.29, 1.82) is 0 Å². The van der Waals surface area contributed by atoms with Gasteiger partial charge in [0.2, 0.25) is 5.91 Å². The average Bonchev–Trinajstić information content (AvgIpc) is 3.19. The average molecular weight is 444 g/mol. The number of benzene rings is 1. The van der Waals surface area contributed by atoms with E-state index < -0.39 is 11.4 Å². The number of aryl methyl sites for hydroxylation is 2. The van der Waals surface area contributed by atoms with Gasteiger partial charge in [-0.25, -0.2) is 4.68 Å². The molecule has 0 saturated carbocycles. The van der Waals surface area contributed by atoms with E-state index in [-0.39, 0.29) is 30.7 Å². The van der Waals surface area contributed by atoms with E-state index in [0.29, 0.717) is 5.02 Å². The molecule has 1 heterocycles. The molecule has 2 atom stereocenters. The molecule has 1 aromatic carbocycles. The van der Waals surface area contributed by atoms with E-state index in [1.807, 2.05) is 42.8 Å². The van der Waals surface area contributed by atoms with Crippen LogP contribution in [0.2, 0.25) is 5.02 Å². The summed E-state index contributed by atoms with van der Waals surface area (Å²) in [5.41, 5.74) is 4.54. The summed E-state index contributed by atoms with van der Waals surface area (Å²) in [5.74, 6) is -0.858. The van der Waals surface area contributed by atoms with Crippen LogP contribution < -0.4 is 5.32 Å². The topological polar surface area (TPSA) is 84.2 Å². The number of carbonyl (C=O) groups is 2. The fourth-order valence-electron chi connectivity index (χ4n) is 4.34. The number of halogens is 1. The van der Waals surface area contributed by atoms with Crippen LogP contribution in [-0.2, 0) is 9.59 Å². The number of hydrogen-bond donors (Lipinski definition) is 2. The normalized spacial score (nSPS) is 18.4. The Bertz CT molecular complexity index is 1040. The highest BCUT2D eigenvalue weighted by atomic mass is 35.5. The van der Waals surface area contributed by atoms with Gasteiger partial charge in [-0.2, -0.15) is 5.10 Å². The van der Waals surface area contributed by atoms with Crippen molar-refractivity contribution in [1.82, 2.24) is 15.1 Å². The van der Waals surface area contributed by atoms with Gasteiger partial charge in [0.05, 0.1) is 17.8 Å². The largest absolute Gasteiger partial charge is 0.481 e. The van der Waals surface area contributed by atoms with Gasteiger partial charge in [-0.05, 0) is 50.3 Å². The molecule has 31 heavy (non-hydrogen) atoms. The fourth-order valence-corrected chi connectivity index (χ4v) is 4.52. The van der Waals surface area contributed by atoms with Crippen LogP contribution in [0.15, 0.2) is 30.4 Å². The molecular weight excluding hydrogens is 414 g/mol. The van der Waals surface area contributed by atoms with Crippen molar-refractivity contribution in [2.75, 3.05) is 0 Å². The minimum atomic E-state index is -0.892. The molecule has 0 bridgehead atoms. The monoisotopic (exact) mass is 443 g/mol. The van der Waals surface area contributed by atoms with Crippen LogP contribution in [0.1, 0.15) is 61.5 Å². The van der Waals surface area contributed by atoms with Gasteiger partial charge < -0.3 is 10.4 Å². The summed E-state index contributed by atoms with van der Waals surface area (Å²) in [6, 6.07) is 5.85. The third-order valence-corrected chi connectivity index (χ3v) is 6.22. The van der Waals surface area contributed by atoms with Crippen LogP contribution in [0, 0.1) is 26.2 Å². The lowest BCUT2D eigenvalue weighted by molar-refractivity contribution is -0.139. The molecule has 0 saturated heterocycles. The third kappa shape index (κ3) is 5.37. The number of carboxylic acids is 1. The molecule has 1 amide bonds. The Hall–Kier alpha value is -2.60. The quantitative estimate of drug-likeness (QED) is 0.598. The predicted molar refractivity (Wildman–Crippen MR) is 122 cm³/mol. The first-order valence-corrected chi connectivity index (χ1v) is 10.9. The first kappa shape index (κ1) is 23.1. The second-order valence-electron chi connectivity index (χ2n) is 9.24. The Morgan fingerprint density at radius 1 is 1.23 bits per heavy atom. The molecule has 1 aliphatic rings. The first-order chi connectivity index (χ1) is 14.5. The Morgan fingerprint density at radius 2 is 1.94 bits per heavy atom. The zero-order valence-corrected chi connectivity index (χ0v) is 19.5. The van der Waals surface area contributed by atoms with Crippen molar-refractivity contribution >= 4 is 23.5 Å². The highest BCUT2D eigenvalue weighted by Crippen LogP contribution is 2.34. The van der Waals surface area contributed by atoms with Crippen molar-refractivity contribution in [3.63, 3.8) is 0 Å². The van der Waals surface area contributed by atoms with Crippen LogP contribution in [0.5, 0.6) is 0 Å². The molecule has 0 aliphatic heterocycles. The number of aromatic nitrogens is 2. The number of aliphatic carboxylic acids is 1. The van der Waals surface area contributed by atoms with Crippen molar-refractivity contribution in [2.24, 2.45) is 5.41 Å². The van der Waals surface area contributed by atoms with Gasteiger partial charge in [-0.3, -0.25) is 9.59 Å². The molecule has 1 aliphatic carbocycles. The smallest absolute Gasteiger partial charge is 0.303 e. The second kappa shape index (κ2) is 8.87. The number of amides is 1. The van der Waals surface area contributed by atoms with Crippen LogP contribution in [0.3, 0.4) is 0 Å². The minimum absolute atomic E-state index is 0.0375. The Balaban J connectivity index is 1.70. The molecule has 0 spiro atoms. The van der Waals surface area contributed by atoms with Gasteiger partial charge in [-0.1, -0.05) is 43.7 Å². The molecule has 2 aromatic rings. The number of carboxylic acid groups (broad SMARTS) is 1. The molecule has 2 N–H and O–H groups in total. The fraction of sp³-hybridized carbons (Fsp3) is 0.458. The van der Waals surface area contributed by atoms with Gasteiger partial charge in [0.25, 0.3) is 0 Å². The highest BCUT2D eigenvalue weighted by Gasteiger charge is 2.29. The summed E-state index contributed by atoms with van der Waals surface area (Å²) in [7, 11) is 0. The standard InChI is InChI=1S/C24H30ClN3O3/c1-14-6-9-19(11-20(14)25)28-16(3)23(15(2)27-28)17-7-8-18(10-17)26-21(29)12-24(4,5)13-22(30)31/h6-9,11,17-18H,10,12-13H2,1-5H3,(H,26,29)(H,30,31). The predicted octanol–water partition coefficient (Wildman–Crippen LogP) is 4.87. The number of nitrogens with one attached hydrogen (secondary N) is 1. The molecule has 166 valence electrons. The molecule has 3 rings (SSSR count). The Morgan fingerprint density at radius 3 is 2.58 bits per heavy atom. The zero-order chi connectivity index (χ0) is 22.9. The number of carbonyl (C=O) groups excluding carboxylic acids is 1. The van der Waals surface area contributed by atoms with Crippen LogP contribution in [0.25, 0.3) is 5.69 Å². The molecular formula is C24H30ClN3O3. The van der Waals surface area contributed by atoms with Gasteiger partial charge in [-0.15, -0.1) is 0 Å². The second-order valence-corrected chi connectivity index (χ2v) is 9.65. The van der Waals surface area contributed by atoms with Gasteiger partial charge in [0, 0.05) is 34.7 Å². The number of nitrogens with zero attached hydrogens (tertiary/aromatic N) is 2. The lowest BCUT2D eigenvalue weighted by Crippen LogP contribution is -2.36. The van der Waals surface area contributed by atoms with E-state index >= 15 is 0 Å². The third-order valence-electron chi connectivity index (χ3n) is 5.82. The molecule has 0 fully saturated rings. The van der Waals surface area contributed by atoms with E-state index in [0.717, 1.165) is 34.6 Å².